The van der Waals surface area contributed by atoms with Crippen LogP contribution in [-0.2, 0) is 4.43 Å². The number of benzene rings is 1. The molecule has 0 fully saturated rings. The number of hydrogen-bond acceptors (Lipinski definition) is 4. The van der Waals surface area contributed by atoms with Crippen molar-refractivity contribution in [1.82, 2.24) is 4.98 Å². The molecular formula is C20H24F3NO4Si. The summed E-state index contributed by atoms with van der Waals surface area (Å²) in [5.74, 6) is -4.70. The molecule has 0 bridgehead atoms. The van der Waals surface area contributed by atoms with Gasteiger partial charge in [0.25, 0.3) is 0 Å². The molecule has 0 aliphatic heterocycles. The van der Waals surface area contributed by atoms with Gasteiger partial charge in [-0.3, -0.25) is 0 Å². The second-order valence-corrected chi connectivity index (χ2v) is 12.9. The smallest absolute Gasteiger partial charge is 0.354 e. The Labute approximate surface area is 168 Å². The summed E-state index contributed by atoms with van der Waals surface area (Å²) in [5, 5.41) is 8.98. The maximum atomic E-state index is 14.5. The Bertz CT molecular complexity index is 890. The number of rotatable bonds is 7. The van der Waals surface area contributed by atoms with Gasteiger partial charge in [-0.15, -0.1) is 0 Å². The average Bonchev–Trinajstić information content (AvgIpc) is 2.58. The maximum Gasteiger partial charge on any atom is 0.354 e. The molecule has 2 rings (SSSR count). The second-order valence-electron chi connectivity index (χ2n) is 8.07. The van der Waals surface area contributed by atoms with Crippen LogP contribution < -0.4 is 4.74 Å². The lowest BCUT2D eigenvalue weighted by atomic mass is 10.0. The van der Waals surface area contributed by atoms with Gasteiger partial charge in [-0.1, -0.05) is 20.8 Å². The van der Waals surface area contributed by atoms with Gasteiger partial charge in [0.2, 0.25) is 0 Å². The van der Waals surface area contributed by atoms with Crippen molar-refractivity contribution in [2.75, 3.05) is 13.2 Å². The summed E-state index contributed by atoms with van der Waals surface area (Å²) in [7, 11) is -1.96. The minimum Gasteiger partial charge on any atom is -0.491 e. The van der Waals surface area contributed by atoms with Gasteiger partial charge in [0.15, 0.2) is 8.32 Å². The molecule has 0 aliphatic carbocycles. The zero-order chi connectivity index (χ0) is 22.0. The van der Waals surface area contributed by atoms with Gasteiger partial charge in [-0.05, 0) is 24.2 Å². The SMILES string of the molecule is CC(C)(C)[Si](C)(C)OCCOc1cc(F)c(-c2cc(C(=O)O)ncc2F)c(F)c1. The number of nitrogens with zero attached hydrogens (tertiary/aromatic N) is 1. The van der Waals surface area contributed by atoms with Crippen LogP contribution >= 0.6 is 0 Å². The quantitative estimate of drug-likeness (QED) is 0.482. The lowest BCUT2D eigenvalue weighted by molar-refractivity contribution is 0.0690. The molecule has 9 heteroatoms. The first-order valence-electron chi connectivity index (χ1n) is 8.98. The van der Waals surface area contributed by atoms with Crippen LogP contribution in [0.25, 0.3) is 11.1 Å². The van der Waals surface area contributed by atoms with Gasteiger partial charge < -0.3 is 14.3 Å². The van der Waals surface area contributed by atoms with E-state index in [1.165, 1.54) is 0 Å². The van der Waals surface area contributed by atoms with Crippen LogP contribution in [0.3, 0.4) is 0 Å². The number of aromatic nitrogens is 1. The van der Waals surface area contributed by atoms with Crippen LogP contribution in [0.2, 0.25) is 18.1 Å². The van der Waals surface area contributed by atoms with Gasteiger partial charge in [0.05, 0.1) is 18.4 Å². The number of pyridine rings is 1. The second kappa shape index (κ2) is 8.54. The van der Waals surface area contributed by atoms with Crippen molar-refractivity contribution in [3.05, 3.63) is 47.5 Å². The fourth-order valence-electron chi connectivity index (χ4n) is 2.31. The van der Waals surface area contributed by atoms with E-state index in [2.05, 4.69) is 38.8 Å². The van der Waals surface area contributed by atoms with Gasteiger partial charge >= 0.3 is 5.97 Å². The zero-order valence-electron chi connectivity index (χ0n) is 17.0. The molecule has 2 aromatic rings. The first-order chi connectivity index (χ1) is 13.3. The third-order valence-electron chi connectivity index (χ3n) is 4.98. The van der Waals surface area contributed by atoms with Crippen LogP contribution in [0.15, 0.2) is 24.4 Å². The molecule has 5 nitrogen and oxygen atoms in total. The summed E-state index contributed by atoms with van der Waals surface area (Å²) in [4.78, 5) is 14.4. The van der Waals surface area contributed by atoms with Crippen molar-refractivity contribution in [1.29, 1.82) is 0 Å². The van der Waals surface area contributed by atoms with Crippen molar-refractivity contribution in [2.24, 2.45) is 0 Å². The molecule has 0 saturated heterocycles. The number of hydrogen-bond donors (Lipinski definition) is 1. The predicted molar refractivity (Wildman–Crippen MR) is 105 cm³/mol. The number of carboxylic acids is 1. The molecule has 1 aromatic carbocycles. The maximum absolute atomic E-state index is 14.5. The lowest BCUT2D eigenvalue weighted by Gasteiger charge is -2.36. The Balaban J connectivity index is 2.17. The zero-order valence-corrected chi connectivity index (χ0v) is 18.0. The van der Waals surface area contributed by atoms with Crippen LogP contribution in [-0.4, -0.2) is 37.6 Å². The summed E-state index contributed by atoms with van der Waals surface area (Å²) in [6.45, 7) is 10.8. The fourth-order valence-corrected chi connectivity index (χ4v) is 3.34. The number of halogens is 3. The first kappa shape index (κ1) is 22.9. The molecule has 0 aliphatic rings. The van der Waals surface area contributed by atoms with Gasteiger partial charge in [-0.25, -0.2) is 22.9 Å². The predicted octanol–water partition coefficient (Wildman–Crippen LogP) is 5.26. The standard InChI is InChI=1S/C20H24F3NO4Si/c1-20(2,3)29(4,5)28-7-6-27-12-8-14(21)18(15(22)9-12)13-10-17(19(25)26)24-11-16(13)23/h8-11H,6-7H2,1-5H3,(H,25,26). The Morgan fingerprint density at radius 2 is 1.66 bits per heavy atom. The summed E-state index contributed by atoms with van der Waals surface area (Å²) in [6, 6.07) is 2.63. The van der Waals surface area contributed by atoms with E-state index in [1.807, 2.05) is 0 Å². The van der Waals surface area contributed by atoms with Crippen molar-refractivity contribution >= 4 is 14.3 Å². The van der Waals surface area contributed by atoms with E-state index in [-0.39, 0.29) is 24.0 Å². The van der Waals surface area contributed by atoms with E-state index in [9.17, 15) is 18.0 Å². The van der Waals surface area contributed by atoms with Gasteiger partial charge in [-0.2, -0.15) is 0 Å². The van der Waals surface area contributed by atoms with E-state index >= 15 is 0 Å². The van der Waals surface area contributed by atoms with E-state index in [0.29, 0.717) is 6.20 Å². The third-order valence-corrected chi connectivity index (χ3v) is 9.52. The van der Waals surface area contributed by atoms with Gasteiger partial charge in [0.1, 0.15) is 35.5 Å². The number of ether oxygens (including phenoxy) is 1. The van der Waals surface area contributed by atoms with Crippen LogP contribution in [0, 0.1) is 17.5 Å². The Hall–Kier alpha value is -2.39. The molecule has 1 heterocycles. The summed E-state index contributed by atoms with van der Waals surface area (Å²) < 4.78 is 54.3. The number of carboxylic acid groups (broad SMARTS) is 1. The normalized spacial score (nSPS) is 12.1. The molecule has 1 N–H and O–H groups in total. The minimum absolute atomic E-state index is 0.0241. The highest BCUT2D eigenvalue weighted by atomic mass is 28.4. The van der Waals surface area contributed by atoms with Gasteiger partial charge in [0, 0.05) is 17.7 Å². The van der Waals surface area contributed by atoms with Crippen LogP contribution in [0.5, 0.6) is 5.75 Å². The monoisotopic (exact) mass is 427 g/mol. The topological polar surface area (TPSA) is 68.7 Å². The van der Waals surface area contributed by atoms with Crippen molar-refractivity contribution in [3.63, 3.8) is 0 Å². The highest BCUT2D eigenvalue weighted by molar-refractivity contribution is 6.74. The van der Waals surface area contributed by atoms with Crippen molar-refractivity contribution < 1.29 is 32.2 Å². The van der Waals surface area contributed by atoms with E-state index < -0.39 is 48.6 Å². The highest BCUT2D eigenvalue weighted by Gasteiger charge is 2.36. The number of carbonyl (C=O) groups is 1. The Morgan fingerprint density at radius 1 is 1.07 bits per heavy atom. The van der Waals surface area contributed by atoms with Crippen LogP contribution in [0.4, 0.5) is 13.2 Å². The lowest BCUT2D eigenvalue weighted by Crippen LogP contribution is -2.41. The van der Waals surface area contributed by atoms with Crippen LogP contribution in [0.1, 0.15) is 31.3 Å². The number of aromatic carboxylic acids is 1. The summed E-state index contributed by atoms with van der Waals surface area (Å²) >= 11 is 0. The molecule has 0 radical (unpaired) electrons. The van der Waals surface area contributed by atoms with Crippen molar-refractivity contribution in [3.8, 4) is 16.9 Å². The first-order valence-corrected chi connectivity index (χ1v) is 11.9. The Kier molecular flexibility index (Phi) is 6.74. The summed E-state index contributed by atoms with van der Waals surface area (Å²) in [5.41, 5.74) is -1.74. The molecule has 0 atom stereocenters. The van der Waals surface area contributed by atoms with E-state index in [0.717, 1.165) is 18.2 Å². The minimum atomic E-state index is -1.96. The molecule has 0 unspecified atom stereocenters. The molecule has 0 saturated carbocycles. The van der Waals surface area contributed by atoms with Crippen molar-refractivity contribution in [2.45, 2.75) is 38.9 Å². The average molecular weight is 427 g/mol. The molecule has 0 spiro atoms. The Morgan fingerprint density at radius 3 is 2.17 bits per heavy atom. The van der Waals surface area contributed by atoms with E-state index in [4.69, 9.17) is 14.3 Å². The highest BCUT2D eigenvalue weighted by Crippen LogP contribution is 2.36. The largest absolute Gasteiger partial charge is 0.491 e. The molecule has 158 valence electrons. The molecule has 0 amide bonds. The molecular weight excluding hydrogens is 403 g/mol. The summed E-state index contributed by atoms with van der Waals surface area (Å²) in [6.07, 6.45) is 0.611. The van der Waals surface area contributed by atoms with E-state index in [1.54, 1.807) is 0 Å². The third kappa shape index (κ3) is 5.36. The fraction of sp³-hybridized carbons (Fsp3) is 0.400. The molecule has 1 aromatic heterocycles. The molecule has 29 heavy (non-hydrogen) atoms.